The van der Waals surface area contributed by atoms with E-state index in [1.807, 2.05) is 6.92 Å². The molecule has 4 nitrogen and oxygen atoms in total. The maximum absolute atomic E-state index is 6.18. The molecule has 1 aromatic rings. The van der Waals surface area contributed by atoms with Gasteiger partial charge in [-0.3, -0.25) is 0 Å². The number of aromatic nitrogens is 1. The van der Waals surface area contributed by atoms with Crippen LogP contribution in [-0.2, 0) is 14.7 Å². The minimum absolute atomic E-state index is 0.167. The summed E-state index contributed by atoms with van der Waals surface area (Å²) >= 11 is 0. The van der Waals surface area contributed by atoms with Gasteiger partial charge < -0.3 is 13.8 Å². The van der Waals surface area contributed by atoms with Gasteiger partial charge in [0.1, 0.15) is 5.76 Å². The molecule has 0 radical (unpaired) electrons. The summed E-state index contributed by atoms with van der Waals surface area (Å²) in [6, 6.07) is 0. The van der Waals surface area contributed by atoms with Crippen molar-refractivity contribution in [1.29, 1.82) is 0 Å². The number of hydrogen-bond donors (Lipinski definition) is 0. The monoisotopic (exact) mass is 277 g/mol. The average molecular weight is 277 g/mol. The lowest BCUT2D eigenvalue weighted by Crippen LogP contribution is -2.41. The van der Waals surface area contributed by atoms with Gasteiger partial charge in [0.2, 0.25) is 0 Å². The second-order valence-electron chi connectivity index (χ2n) is 7.23. The van der Waals surface area contributed by atoms with Gasteiger partial charge in [-0.05, 0) is 53.9 Å². The zero-order valence-corrected chi connectivity index (χ0v) is 13.4. The molecular formula is C15H24BNO3. The Bertz CT molecular complexity index is 515. The fourth-order valence-electron chi connectivity index (χ4n) is 2.89. The first-order valence-electron chi connectivity index (χ1n) is 7.55. The summed E-state index contributed by atoms with van der Waals surface area (Å²) in [6.07, 6.45) is 3.42. The van der Waals surface area contributed by atoms with Crippen molar-refractivity contribution < 1.29 is 13.8 Å². The van der Waals surface area contributed by atoms with Crippen molar-refractivity contribution in [3.63, 3.8) is 0 Å². The molecule has 0 amide bonds. The molecule has 1 saturated carbocycles. The molecule has 1 saturated heterocycles. The molecule has 3 rings (SSSR count). The van der Waals surface area contributed by atoms with Gasteiger partial charge in [0.25, 0.3) is 0 Å². The molecule has 1 aliphatic heterocycles. The van der Waals surface area contributed by atoms with E-state index in [9.17, 15) is 0 Å². The van der Waals surface area contributed by atoms with Gasteiger partial charge in [-0.2, -0.15) is 0 Å². The molecule has 0 atom stereocenters. The molecule has 110 valence electrons. The van der Waals surface area contributed by atoms with Crippen LogP contribution in [0.15, 0.2) is 4.52 Å². The molecule has 0 unspecified atom stereocenters. The molecule has 2 aliphatic rings. The third kappa shape index (κ3) is 1.86. The summed E-state index contributed by atoms with van der Waals surface area (Å²) in [5.74, 6) is 0.982. The Hall–Kier alpha value is -0.805. The summed E-state index contributed by atoms with van der Waals surface area (Å²) in [7, 11) is -0.370. The molecule has 20 heavy (non-hydrogen) atoms. The Labute approximate surface area is 121 Å². The highest BCUT2D eigenvalue weighted by Gasteiger charge is 2.56. The van der Waals surface area contributed by atoms with Crippen LogP contribution in [-0.4, -0.2) is 23.5 Å². The topological polar surface area (TPSA) is 44.5 Å². The Kier molecular flexibility index (Phi) is 2.90. The Balaban J connectivity index is 1.99. The first-order valence-corrected chi connectivity index (χ1v) is 7.55. The van der Waals surface area contributed by atoms with E-state index in [0.717, 1.165) is 23.3 Å². The lowest BCUT2D eigenvalue weighted by Gasteiger charge is -2.32. The van der Waals surface area contributed by atoms with Crippen LogP contribution in [0.4, 0.5) is 0 Å². The van der Waals surface area contributed by atoms with Crippen molar-refractivity contribution >= 4 is 12.6 Å². The van der Waals surface area contributed by atoms with Gasteiger partial charge in [0, 0.05) is 10.9 Å². The van der Waals surface area contributed by atoms with Crippen molar-refractivity contribution in [2.45, 2.75) is 77.4 Å². The number of hydrogen-bond acceptors (Lipinski definition) is 4. The average Bonchev–Trinajstić information content (AvgIpc) is 2.99. The molecule has 2 fully saturated rings. The van der Waals surface area contributed by atoms with E-state index < -0.39 is 0 Å². The van der Waals surface area contributed by atoms with Crippen LogP contribution in [0, 0.1) is 6.92 Å². The third-order valence-corrected chi connectivity index (χ3v) is 5.41. The molecule has 1 aliphatic carbocycles. The van der Waals surface area contributed by atoms with E-state index in [0.29, 0.717) is 0 Å². The highest BCUT2D eigenvalue weighted by atomic mass is 16.7. The van der Waals surface area contributed by atoms with Crippen LogP contribution in [0.1, 0.15) is 65.3 Å². The van der Waals surface area contributed by atoms with Crippen molar-refractivity contribution in [3.05, 3.63) is 11.5 Å². The maximum atomic E-state index is 6.18. The van der Waals surface area contributed by atoms with E-state index in [2.05, 4.69) is 39.8 Å². The van der Waals surface area contributed by atoms with E-state index >= 15 is 0 Å². The minimum atomic E-state index is -0.370. The molecule has 0 bridgehead atoms. The minimum Gasteiger partial charge on any atom is -0.399 e. The molecule has 0 aromatic carbocycles. The van der Waals surface area contributed by atoms with E-state index in [-0.39, 0.29) is 23.7 Å². The standard InChI is InChI=1S/C15H24BNO3/c1-7-15(8-9-15)12-11(10(2)17-18-12)16-19-13(3,4)14(5,6)20-16/h7-9H2,1-6H3. The van der Waals surface area contributed by atoms with Crippen LogP contribution >= 0.6 is 0 Å². The fraction of sp³-hybridized carbons (Fsp3) is 0.800. The van der Waals surface area contributed by atoms with E-state index in [4.69, 9.17) is 13.8 Å². The quantitative estimate of drug-likeness (QED) is 0.797. The van der Waals surface area contributed by atoms with Gasteiger partial charge >= 0.3 is 7.12 Å². The number of rotatable bonds is 3. The van der Waals surface area contributed by atoms with Crippen LogP contribution < -0.4 is 5.46 Å². The summed E-state index contributed by atoms with van der Waals surface area (Å²) in [6.45, 7) is 12.5. The van der Waals surface area contributed by atoms with Gasteiger partial charge in [0.05, 0.1) is 16.9 Å². The smallest absolute Gasteiger partial charge is 0.399 e. The summed E-state index contributed by atoms with van der Waals surface area (Å²) in [5, 5.41) is 4.18. The normalized spacial score (nSPS) is 26.0. The van der Waals surface area contributed by atoms with Crippen molar-refractivity contribution in [3.8, 4) is 0 Å². The SMILES string of the molecule is CCC1(c2onc(C)c2B2OC(C)(C)C(C)(C)O2)CC1. The lowest BCUT2D eigenvalue weighted by atomic mass is 9.74. The molecule has 0 spiro atoms. The van der Waals surface area contributed by atoms with Crippen molar-refractivity contribution in [1.82, 2.24) is 5.16 Å². The van der Waals surface area contributed by atoms with Crippen molar-refractivity contribution in [2.24, 2.45) is 0 Å². The predicted molar refractivity (Wildman–Crippen MR) is 78.2 cm³/mol. The summed E-state index contributed by atoms with van der Waals surface area (Å²) in [5.41, 5.74) is 1.41. The van der Waals surface area contributed by atoms with Gasteiger partial charge in [-0.25, -0.2) is 0 Å². The summed E-state index contributed by atoms with van der Waals surface area (Å²) < 4.78 is 18.0. The zero-order valence-electron chi connectivity index (χ0n) is 13.4. The number of nitrogens with zero attached hydrogens (tertiary/aromatic N) is 1. The van der Waals surface area contributed by atoms with Crippen molar-refractivity contribution in [2.75, 3.05) is 0 Å². The van der Waals surface area contributed by atoms with Crippen LogP contribution in [0.2, 0.25) is 0 Å². The lowest BCUT2D eigenvalue weighted by molar-refractivity contribution is 0.00578. The largest absolute Gasteiger partial charge is 0.500 e. The molecule has 1 aromatic heterocycles. The van der Waals surface area contributed by atoms with Crippen LogP contribution in [0.5, 0.6) is 0 Å². The second-order valence-corrected chi connectivity index (χ2v) is 7.23. The van der Waals surface area contributed by atoms with E-state index in [1.54, 1.807) is 0 Å². The molecule has 0 N–H and O–H groups in total. The summed E-state index contributed by atoms with van der Waals surface area (Å²) in [4.78, 5) is 0. The maximum Gasteiger partial charge on any atom is 0.500 e. The first-order chi connectivity index (χ1) is 9.22. The Morgan fingerprint density at radius 2 is 1.65 bits per heavy atom. The van der Waals surface area contributed by atoms with Gasteiger partial charge in [-0.1, -0.05) is 12.1 Å². The third-order valence-electron chi connectivity index (χ3n) is 5.41. The van der Waals surface area contributed by atoms with Crippen LogP contribution in [0.3, 0.4) is 0 Å². The van der Waals surface area contributed by atoms with Crippen LogP contribution in [0.25, 0.3) is 0 Å². The molecular weight excluding hydrogens is 253 g/mol. The Morgan fingerprint density at radius 3 is 2.10 bits per heavy atom. The highest BCUT2D eigenvalue weighted by Crippen LogP contribution is 2.51. The molecule has 5 heteroatoms. The predicted octanol–water partition coefficient (Wildman–Crippen LogP) is 2.72. The van der Waals surface area contributed by atoms with Gasteiger partial charge in [-0.15, -0.1) is 0 Å². The second kappa shape index (κ2) is 4.11. The highest BCUT2D eigenvalue weighted by molar-refractivity contribution is 6.63. The van der Waals surface area contributed by atoms with Gasteiger partial charge in [0.15, 0.2) is 0 Å². The fourth-order valence-corrected chi connectivity index (χ4v) is 2.89. The molecule has 2 heterocycles. The van der Waals surface area contributed by atoms with E-state index in [1.165, 1.54) is 12.8 Å². The zero-order chi connectivity index (χ0) is 14.8. The Morgan fingerprint density at radius 1 is 1.10 bits per heavy atom. The number of aryl methyl sites for hydroxylation is 1. The first kappa shape index (κ1) is 14.1.